The van der Waals surface area contributed by atoms with Gasteiger partial charge in [0.1, 0.15) is 0 Å². The van der Waals surface area contributed by atoms with Gasteiger partial charge in [0.15, 0.2) is 0 Å². The lowest BCUT2D eigenvalue weighted by Gasteiger charge is -2.28. The number of pyridine rings is 1. The van der Waals surface area contributed by atoms with E-state index in [1.807, 2.05) is 30.5 Å². The molecule has 8 heteroatoms. The second-order valence-corrected chi connectivity index (χ2v) is 8.39. The van der Waals surface area contributed by atoms with Crippen LogP contribution in [0.4, 0.5) is 11.4 Å². The van der Waals surface area contributed by atoms with Crippen LogP contribution < -0.4 is 15.5 Å². The molecule has 0 spiro atoms. The first-order chi connectivity index (χ1) is 13.9. The summed E-state index contributed by atoms with van der Waals surface area (Å²) in [7, 11) is 0. The summed E-state index contributed by atoms with van der Waals surface area (Å²) in [5.74, 6) is 0. The molecule has 2 aromatic carbocycles. The molecule has 0 bridgehead atoms. The number of nitrogens with zero attached hydrogens (tertiary/aromatic N) is 2. The second kappa shape index (κ2) is 14.0. The minimum atomic E-state index is -0.0699. The van der Waals surface area contributed by atoms with E-state index >= 15 is 0 Å². The summed E-state index contributed by atoms with van der Waals surface area (Å²) >= 11 is 6.09. The van der Waals surface area contributed by atoms with E-state index in [0.29, 0.717) is 5.02 Å². The third-order valence-corrected chi connectivity index (χ3v) is 5.50. The lowest BCUT2D eigenvalue weighted by Crippen LogP contribution is -2.44. The van der Waals surface area contributed by atoms with Crippen LogP contribution in [0.2, 0.25) is 5.02 Å². The van der Waals surface area contributed by atoms with Crippen molar-refractivity contribution in [3.05, 3.63) is 65.3 Å². The van der Waals surface area contributed by atoms with Gasteiger partial charge in [-0.05, 0) is 69.7 Å². The Morgan fingerprint density at radius 2 is 1.59 bits per heavy atom. The number of hydrogen-bond acceptors (Lipinski definition) is 4. The van der Waals surface area contributed by atoms with Crippen LogP contribution in [-0.2, 0) is 6.54 Å². The van der Waals surface area contributed by atoms with Crippen molar-refractivity contribution in [3.8, 4) is 0 Å². The molecule has 0 fully saturated rings. The Labute approximate surface area is 215 Å². The molecule has 3 aromatic rings. The SMILES string of the molecule is CCN(CC)c1ccc(CNC(C)(C)CNc2ccnc3cc(Cl)ccc23)cc1.Cl.Cl.Cl. The molecular weight excluding hydrogens is 486 g/mol. The van der Waals surface area contributed by atoms with E-state index < -0.39 is 0 Å². The molecular formula is C24H34Cl4N4. The highest BCUT2D eigenvalue weighted by molar-refractivity contribution is 6.31. The van der Waals surface area contributed by atoms with Crippen molar-refractivity contribution in [1.82, 2.24) is 10.3 Å². The van der Waals surface area contributed by atoms with Gasteiger partial charge in [-0.1, -0.05) is 23.7 Å². The highest BCUT2D eigenvalue weighted by atomic mass is 35.5. The van der Waals surface area contributed by atoms with E-state index in [1.54, 1.807) is 0 Å². The van der Waals surface area contributed by atoms with Gasteiger partial charge in [-0.2, -0.15) is 0 Å². The van der Waals surface area contributed by atoms with E-state index in [9.17, 15) is 0 Å². The van der Waals surface area contributed by atoms with E-state index in [4.69, 9.17) is 11.6 Å². The van der Waals surface area contributed by atoms with Crippen LogP contribution in [0.1, 0.15) is 33.3 Å². The van der Waals surface area contributed by atoms with Crippen molar-refractivity contribution in [1.29, 1.82) is 0 Å². The number of anilines is 2. The maximum atomic E-state index is 6.09. The molecule has 0 atom stereocenters. The van der Waals surface area contributed by atoms with Gasteiger partial charge in [0, 0.05) is 59.7 Å². The minimum Gasteiger partial charge on any atom is -0.383 e. The fraction of sp³-hybridized carbons (Fsp3) is 0.375. The monoisotopic (exact) mass is 518 g/mol. The lowest BCUT2D eigenvalue weighted by molar-refractivity contribution is 0.407. The molecule has 3 rings (SSSR count). The maximum absolute atomic E-state index is 6.09. The molecule has 4 nitrogen and oxygen atoms in total. The summed E-state index contributed by atoms with van der Waals surface area (Å²) in [4.78, 5) is 6.77. The van der Waals surface area contributed by atoms with Gasteiger partial charge >= 0.3 is 0 Å². The number of halogens is 4. The Morgan fingerprint density at radius 3 is 2.22 bits per heavy atom. The van der Waals surface area contributed by atoms with Gasteiger partial charge < -0.3 is 15.5 Å². The third kappa shape index (κ3) is 8.17. The first kappa shape index (κ1) is 30.6. The first-order valence-corrected chi connectivity index (χ1v) is 10.7. The number of benzene rings is 2. The predicted octanol–water partition coefficient (Wildman–Crippen LogP) is 6.98. The van der Waals surface area contributed by atoms with Crippen LogP contribution in [0.5, 0.6) is 0 Å². The zero-order valence-electron chi connectivity index (χ0n) is 19.0. The molecule has 0 saturated carbocycles. The summed E-state index contributed by atoms with van der Waals surface area (Å²) in [5.41, 5.74) is 4.48. The molecule has 0 aliphatic rings. The van der Waals surface area contributed by atoms with E-state index in [0.717, 1.165) is 42.8 Å². The molecule has 0 aliphatic heterocycles. The molecule has 0 radical (unpaired) electrons. The number of aromatic nitrogens is 1. The summed E-state index contributed by atoms with van der Waals surface area (Å²) in [5, 5.41) is 9.03. The Kier molecular flexibility index (Phi) is 13.3. The van der Waals surface area contributed by atoms with Crippen LogP contribution in [0.15, 0.2) is 54.7 Å². The quantitative estimate of drug-likeness (QED) is 0.320. The van der Waals surface area contributed by atoms with E-state index in [-0.39, 0.29) is 42.8 Å². The van der Waals surface area contributed by atoms with Crippen LogP contribution in [0.3, 0.4) is 0 Å². The van der Waals surface area contributed by atoms with Gasteiger partial charge in [0.05, 0.1) is 5.52 Å². The van der Waals surface area contributed by atoms with Crippen molar-refractivity contribution in [2.45, 2.75) is 39.8 Å². The maximum Gasteiger partial charge on any atom is 0.0737 e. The predicted molar refractivity (Wildman–Crippen MR) is 148 cm³/mol. The second-order valence-electron chi connectivity index (χ2n) is 7.95. The highest BCUT2D eigenvalue weighted by Crippen LogP contribution is 2.25. The fourth-order valence-corrected chi connectivity index (χ4v) is 3.58. The van der Waals surface area contributed by atoms with Crippen LogP contribution in [0, 0.1) is 0 Å². The fourth-order valence-electron chi connectivity index (χ4n) is 3.41. The molecule has 0 amide bonds. The Morgan fingerprint density at radius 1 is 0.938 bits per heavy atom. The average molecular weight is 520 g/mol. The zero-order valence-corrected chi connectivity index (χ0v) is 22.2. The minimum absolute atomic E-state index is 0. The van der Waals surface area contributed by atoms with E-state index in [2.05, 4.69) is 72.5 Å². The standard InChI is InChI=1S/C24H31ClN4.3ClH/c1-5-29(6-2)20-10-7-18(8-11-20)16-28-24(3,4)17-27-22-13-14-26-23-15-19(25)9-12-21(22)23;;;/h7-15,28H,5-6,16-17H2,1-4H3,(H,26,27);3*1H. The van der Waals surface area contributed by atoms with Gasteiger partial charge in [0.2, 0.25) is 0 Å². The summed E-state index contributed by atoms with van der Waals surface area (Å²) in [6.45, 7) is 12.5. The average Bonchev–Trinajstić information content (AvgIpc) is 2.72. The normalized spacial score (nSPS) is 10.5. The van der Waals surface area contributed by atoms with E-state index in [1.165, 1.54) is 11.3 Å². The largest absolute Gasteiger partial charge is 0.383 e. The topological polar surface area (TPSA) is 40.2 Å². The molecule has 1 aromatic heterocycles. The summed E-state index contributed by atoms with van der Waals surface area (Å²) < 4.78 is 0. The van der Waals surface area contributed by atoms with Crippen molar-refractivity contribution < 1.29 is 0 Å². The van der Waals surface area contributed by atoms with Crippen molar-refractivity contribution in [3.63, 3.8) is 0 Å². The highest BCUT2D eigenvalue weighted by Gasteiger charge is 2.17. The molecule has 178 valence electrons. The van der Waals surface area contributed by atoms with Gasteiger partial charge in [0.25, 0.3) is 0 Å². The summed E-state index contributed by atoms with van der Waals surface area (Å²) in [6, 6.07) is 16.7. The van der Waals surface area contributed by atoms with Gasteiger partial charge in [-0.25, -0.2) is 0 Å². The molecule has 32 heavy (non-hydrogen) atoms. The zero-order chi connectivity index (χ0) is 20.9. The molecule has 0 unspecified atom stereocenters. The summed E-state index contributed by atoms with van der Waals surface area (Å²) in [6.07, 6.45) is 1.82. The number of hydrogen-bond donors (Lipinski definition) is 2. The smallest absolute Gasteiger partial charge is 0.0737 e. The Hall–Kier alpha value is -1.43. The molecule has 0 aliphatic carbocycles. The molecule has 2 N–H and O–H groups in total. The Balaban J connectivity index is 0.00000320. The van der Waals surface area contributed by atoms with Crippen molar-refractivity contribution in [2.75, 3.05) is 29.9 Å². The van der Waals surface area contributed by atoms with Crippen LogP contribution >= 0.6 is 48.8 Å². The van der Waals surface area contributed by atoms with Crippen molar-refractivity contribution in [2.24, 2.45) is 0 Å². The van der Waals surface area contributed by atoms with Gasteiger partial charge in [-0.3, -0.25) is 4.98 Å². The number of nitrogens with one attached hydrogen (secondary N) is 2. The molecule has 0 saturated heterocycles. The van der Waals surface area contributed by atoms with Crippen LogP contribution in [-0.4, -0.2) is 30.2 Å². The van der Waals surface area contributed by atoms with Crippen LogP contribution in [0.25, 0.3) is 10.9 Å². The first-order valence-electron chi connectivity index (χ1n) is 10.3. The van der Waals surface area contributed by atoms with Crippen molar-refractivity contribution >= 4 is 71.1 Å². The number of rotatable bonds is 9. The van der Waals surface area contributed by atoms with Gasteiger partial charge in [-0.15, -0.1) is 37.2 Å². The third-order valence-electron chi connectivity index (χ3n) is 5.26. The molecule has 1 heterocycles. The Bertz CT molecular complexity index is 944. The number of fused-ring (bicyclic) bond motifs is 1. The lowest BCUT2D eigenvalue weighted by atomic mass is 10.0.